The first-order chi connectivity index (χ1) is 30.7. The summed E-state index contributed by atoms with van der Waals surface area (Å²) in [5.41, 5.74) is 10.0. The molecule has 13 rings (SSSR count). The number of nitrogens with zero attached hydrogens (tertiary/aromatic N) is 4. The van der Waals surface area contributed by atoms with E-state index in [1.807, 2.05) is 48.5 Å². The average molecular weight is 791 g/mol. The van der Waals surface area contributed by atoms with E-state index in [1.54, 1.807) is 0 Å². The van der Waals surface area contributed by atoms with Gasteiger partial charge >= 0.3 is 0 Å². The van der Waals surface area contributed by atoms with Crippen LogP contribution in [-0.2, 0) is 0 Å². The predicted octanol–water partition coefficient (Wildman–Crippen LogP) is 15.0. The Morgan fingerprint density at radius 1 is 0.323 bits per heavy atom. The van der Waals surface area contributed by atoms with Crippen molar-refractivity contribution < 1.29 is 4.42 Å². The van der Waals surface area contributed by atoms with Crippen LogP contribution in [0.25, 0.3) is 127 Å². The topological polar surface area (TPSA) is 56.7 Å². The highest BCUT2D eigenvalue weighted by Crippen LogP contribution is 2.43. The number of fused-ring (bicyclic) bond motifs is 10. The molecule has 288 valence electrons. The number of rotatable bonds is 5. The van der Waals surface area contributed by atoms with E-state index in [0.717, 1.165) is 77.2 Å². The molecule has 0 bridgehead atoms. The molecule has 0 spiro atoms. The van der Waals surface area contributed by atoms with Gasteiger partial charge in [-0.05, 0) is 86.6 Å². The lowest BCUT2D eigenvalue weighted by molar-refractivity contribution is 0.669. The fraction of sp³-hybridized carbons (Fsp3) is 0. The van der Waals surface area contributed by atoms with Crippen molar-refractivity contribution in [3.05, 3.63) is 206 Å². The Morgan fingerprint density at radius 3 is 1.81 bits per heavy atom. The van der Waals surface area contributed by atoms with Gasteiger partial charge in [0.25, 0.3) is 0 Å². The second kappa shape index (κ2) is 13.6. The van der Waals surface area contributed by atoms with E-state index in [9.17, 15) is 0 Å². The van der Waals surface area contributed by atoms with Crippen molar-refractivity contribution in [1.82, 2.24) is 19.5 Å². The van der Waals surface area contributed by atoms with E-state index < -0.39 is 0 Å². The number of furan rings is 1. The van der Waals surface area contributed by atoms with Gasteiger partial charge in [-0.2, -0.15) is 0 Å². The predicted molar refractivity (Wildman–Crippen MR) is 256 cm³/mol. The first-order valence-corrected chi connectivity index (χ1v) is 20.9. The lowest BCUT2D eigenvalue weighted by Crippen LogP contribution is -2.02. The molecule has 5 heteroatoms. The summed E-state index contributed by atoms with van der Waals surface area (Å²) in [6.07, 6.45) is 0. The molecule has 0 saturated heterocycles. The Hall–Kier alpha value is -8.41. The molecule has 0 aliphatic rings. The lowest BCUT2D eigenvalue weighted by Gasteiger charge is -2.17. The van der Waals surface area contributed by atoms with Gasteiger partial charge in [-0.25, -0.2) is 15.0 Å². The van der Waals surface area contributed by atoms with Crippen molar-refractivity contribution in [3.63, 3.8) is 0 Å². The summed E-state index contributed by atoms with van der Waals surface area (Å²) in [7, 11) is 0. The second-order valence-corrected chi connectivity index (χ2v) is 15.9. The van der Waals surface area contributed by atoms with Crippen LogP contribution in [-0.4, -0.2) is 19.5 Å². The summed E-state index contributed by atoms with van der Waals surface area (Å²) in [5.74, 6) is 1.79. The van der Waals surface area contributed by atoms with Gasteiger partial charge in [-0.1, -0.05) is 158 Å². The van der Waals surface area contributed by atoms with Gasteiger partial charge in [0.2, 0.25) is 0 Å². The molecule has 0 N–H and O–H groups in total. The molecule has 0 unspecified atom stereocenters. The van der Waals surface area contributed by atoms with Crippen molar-refractivity contribution in [2.75, 3.05) is 0 Å². The highest BCUT2D eigenvalue weighted by molar-refractivity contribution is 6.24. The van der Waals surface area contributed by atoms with Crippen LogP contribution in [0.1, 0.15) is 0 Å². The van der Waals surface area contributed by atoms with Gasteiger partial charge in [0.05, 0.1) is 16.7 Å². The van der Waals surface area contributed by atoms with Crippen molar-refractivity contribution in [2.45, 2.75) is 0 Å². The van der Waals surface area contributed by atoms with Gasteiger partial charge in [0, 0.05) is 43.6 Å². The minimum absolute atomic E-state index is 0.588. The zero-order valence-electron chi connectivity index (χ0n) is 33.3. The molecule has 0 aliphatic carbocycles. The summed E-state index contributed by atoms with van der Waals surface area (Å²) in [5, 5.41) is 11.5. The van der Waals surface area contributed by atoms with E-state index >= 15 is 0 Å². The van der Waals surface area contributed by atoms with Crippen LogP contribution in [0.2, 0.25) is 0 Å². The first kappa shape index (κ1) is 34.5. The molecule has 5 nitrogen and oxygen atoms in total. The third-order valence-corrected chi connectivity index (χ3v) is 12.4. The zero-order valence-corrected chi connectivity index (χ0v) is 33.3. The Bertz CT molecular complexity index is 3920. The Morgan fingerprint density at radius 2 is 0.984 bits per heavy atom. The quantitative estimate of drug-likeness (QED) is 0.174. The van der Waals surface area contributed by atoms with E-state index in [4.69, 9.17) is 19.4 Å². The van der Waals surface area contributed by atoms with Crippen molar-refractivity contribution in [1.29, 1.82) is 0 Å². The van der Waals surface area contributed by atoms with Crippen LogP contribution < -0.4 is 0 Å². The molecule has 13 aromatic rings. The average Bonchev–Trinajstić information content (AvgIpc) is 3.89. The maximum Gasteiger partial charge on any atom is 0.164 e. The number of hydrogen-bond acceptors (Lipinski definition) is 4. The molecule has 3 aromatic heterocycles. The van der Waals surface area contributed by atoms with Crippen LogP contribution in [0, 0.1) is 0 Å². The fourth-order valence-electron chi connectivity index (χ4n) is 9.56. The molecule has 0 amide bonds. The fourth-order valence-corrected chi connectivity index (χ4v) is 9.56. The Kier molecular flexibility index (Phi) is 7.54. The van der Waals surface area contributed by atoms with Crippen molar-refractivity contribution >= 4 is 76.1 Å². The maximum absolute atomic E-state index is 6.33. The van der Waals surface area contributed by atoms with Crippen LogP contribution in [0.5, 0.6) is 0 Å². The monoisotopic (exact) mass is 790 g/mol. The highest BCUT2D eigenvalue weighted by atomic mass is 16.3. The Labute approximate surface area is 355 Å². The SMILES string of the molecule is c1ccc(-c2ccc3c(-c4nc(-c5ccccc5)nc(-c5cccc6oc7ccccc7c56)n4)ccc(-n4c5cc6ccccc6cc5c5c6ccccc6ccc54)c3c2)cc1. The summed E-state index contributed by atoms with van der Waals surface area (Å²) in [6.45, 7) is 0. The maximum atomic E-state index is 6.33. The minimum Gasteiger partial charge on any atom is -0.456 e. The molecule has 0 atom stereocenters. The molecule has 62 heavy (non-hydrogen) atoms. The molecule has 0 fully saturated rings. The summed E-state index contributed by atoms with van der Waals surface area (Å²) >= 11 is 0. The third-order valence-electron chi connectivity index (χ3n) is 12.4. The normalized spacial score (nSPS) is 11.9. The number of aromatic nitrogens is 4. The van der Waals surface area contributed by atoms with Crippen LogP contribution >= 0.6 is 0 Å². The molecular weight excluding hydrogens is 757 g/mol. The van der Waals surface area contributed by atoms with Crippen LogP contribution in [0.3, 0.4) is 0 Å². The largest absolute Gasteiger partial charge is 0.456 e. The number of hydrogen-bond donors (Lipinski definition) is 0. The van der Waals surface area contributed by atoms with Gasteiger partial charge in [-0.15, -0.1) is 0 Å². The van der Waals surface area contributed by atoms with E-state index in [2.05, 4.69) is 162 Å². The molecule has 10 aromatic carbocycles. The van der Waals surface area contributed by atoms with Crippen molar-refractivity contribution in [2.24, 2.45) is 0 Å². The van der Waals surface area contributed by atoms with E-state index in [0.29, 0.717) is 17.5 Å². The Balaban J connectivity index is 1.12. The molecule has 0 radical (unpaired) electrons. The summed E-state index contributed by atoms with van der Waals surface area (Å²) in [6, 6.07) is 72.9. The number of para-hydroxylation sites is 1. The molecule has 0 saturated carbocycles. The van der Waals surface area contributed by atoms with E-state index in [-0.39, 0.29) is 0 Å². The van der Waals surface area contributed by atoms with Crippen LogP contribution in [0.4, 0.5) is 0 Å². The van der Waals surface area contributed by atoms with Crippen LogP contribution in [0.15, 0.2) is 211 Å². The molecule has 3 heterocycles. The smallest absolute Gasteiger partial charge is 0.164 e. The number of benzene rings is 10. The second-order valence-electron chi connectivity index (χ2n) is 15.9. The molecular formula is C57H34N4O. The lowest BCUT2D eigenvalue weighted by atomic mass is 9.96. The van der Waals surface area contributed by atoms with Gasteiger partial charge in [-0.3, -0.25) is 0 Å². The standard InChI is InChI=1S/C57H34N4O/c1-3-14-35(15-4-1)40-26-28-42-43(56-58-55(37-17-5-2-6-18-37)59-57(60-56)45-23-13-25-52-54(45)44-22-11-12-24-51(44)62-52)29-31-48(46(42)32-40)61-49-30-27-36-16-9-10-21-41(36)53(49)47-33-38-19-7-8-20-39(38)34-50(47)61/h1-34H. The zero-order chi connectivity index (χ0) is 40.7. The van der Waals surface area contributed by atoms with Gasteiger partial charge in [0.1, 0.15) is 11.2 Å². The molecule has 0 aliphatic heterocycles. The summed E-state index contributed by atoms with van der Waals surface area (Å²) in [4.78, 5) is 15.8. The van der Waals surface area contributed by atoms with Crippen molar-refractivity contribution in [3.8, 4) is 51.0 Å². The van der Waals surface area contributed by atoms with Gasteiger partial charge in [0.15, 0.2) is 17.5 Å². The minimum atomic E-state index is 0.588. The highest BCUT2D eigenvalue weighted by Gasteiger charge is 2.22. The summed E-state index contributed by atoms with van der Waals surface area (Å²) < 4.78 is 8.79. The van der Waals surface area contributed by atoms with E-state index in [1.165, 1.54) is 32.3 Å². The third kappa shape index (κ3) is 5.32. The van der Waals surface area contributed by atoms with Gasteiger partial charge < -0.3 is 8.98 Å². The first-order valence-electron chi connectivity index (χ1n) is 20.9.